The summed E-state index contributed by atoms with van der Waals surface area (Å²) in [5.74, 6) is -4.73. The van der Waals surface area contributed by atoms with E-state index >= 15 is 0 Å². The van der Waals surface area contributed by atoms with E-state index in [4.69, 9.17) is 9.47 Å². The van der Waals surface area contributed by atoms with Gasteiger partial charge in [0.25, 0.3) is 0 Å². The molecule has 0 aromatic heterocycles. The van der Waals surface area contributed by atoms with E-state index in [9.17, 15) is 43.8 Å². The number of rotatable bonds is 27. The lowest BCUT2D eigenvalue weighted by Gasteiger charge is -2.41. The van der Waals surface area contributed by atoms with Gasteiger partial charge in [-0.05, 0) is 55.1 Å². The molecule has 0 bridgehead atoms. The van der Waals surface area contributed by atoms with E-state index in [1.54, 1.807) is 55.1 Å². The molecule has 1 fully saturated rings. The highest BCUT2D eigenvalue weighted by atomic mass is 16.5. The first-order chi connectivity index (χ1) is 31.2. The Bertz CT molecular complexity index is 1810. The number of benzene rings is 1. The average Bonchev–Trinajstić information content (AvgIpc) is 3.89. The number of nitrogens with zero attached hydrogens (tertiary/aromatic N) is 4. The van der Waals surface area contributed by atoms with Crippen molar-refractivity contribution < 1.29 is 53.2 Å². The zero-order valence-corrected chi connectivity index (χ0v) is 41.1. The number of aliphatic carboxylic acids is 1. The lowest BCUT2D eigenvalue weighted by molar-refractivity contribution is -0.149. The molecule has 0 spiro atoms. The number of likely N-dealkylation sites (tertiary alicyclic amines) is 1. The third-order valence-electron chi connectivity index (χ3n) is 13.4. The van der Waals surface area contributed by atoms with Gasteiger partial charge in [0, 0.05) is 60.3 Å². The second-order valence-electron chi connectivity index (χ2n) is 18.7. The van der Waals surface area contributed by atoms with Gasteiger partial charge in [0.15, 0.2) is 0 Å². The number of carbonyl (C=O) groups excluding carboxylic acids is 6. The van der Waals surface area contributed by atoms with Crippen LogP contribution in [0.1, 0.15) is 105 Å². The first kappa shape index (κ1) is 55.5. The van der Waals surface area contributed by atoms with E-state index in [1.807, 2.05) is 47.6 Å². The van der Waals surface area contributed by atoms with Crippen LogP contribution in [0.4, 0.5) is 0 Å². The molecule has 2 aliphatic rings. The second-order valence-corrected chi connectivity index (χ2v) is 18.7. The van der Waals surface area contributed by atoms with Crippen molar-refractivity contribution in [2.24, 2.45) is 23.7 Å². The van der Waals surface area contributed by atoms with Gasteiger partial charge >= 0.3 is 5.97 Å². The van der Waals surface area contributed by atoms with Crippen molar-refractivity contribution in [3.63, 3.8) is 0 Å². The van der Waals surface area contributed by atoms with Gasteiger partial charge in [0.1, 0.15) is 24.4 Å². The predicted octanol–water partition coefficient (Wildman–Crippen LogP) is 3.62. The molecule has 1 aromatic rings. The van der Waals surface area contributed by atoms with Gasteiger partial charge in [-0.25, -0.2) is 4.79 Å². The van der Waals surface area contributed by atoms with E-state index in [1.165, 1.54) is 36.2 Å². The molecule has 0 aliphatic carbocycles. The topological polar surface area (TPSA) is 215 Å². The van der Waals surface area contributed by atoms with Crippen molar-refractivity contribution in [2.75, 3.05) is 41.4 Å². The molecule has 4 N–H and O–H groups in total. The Morgan fingerprint density at radius 2 is 1.55 bits per heavy atom. The Labute approximate surface area is 392 Å². The number of aliphatic hydroxyl groups excluding tert-OH is 1. The summed E-state index contributed by atoms with van der Waals surface area (Å²) in [4.78, 5) is 100. The Morgan fingerprint density at radius 3 is 2.09 bits per heavy atom. The zero-order valence-electron chi connectivity index (χ0n) is 41.1. The molecule has 1 saturated heterocycles. The summed E-state index contributed by atoms with van der Waals surface area (Å²) >= 11 is 0. The standard InChI is InChI=1S/C49H78N6O11/c1-12-32(6)44(37(65-10)29-41(59)54-27-19-22-36(54)45(66-11)33(7)46(60)50-35(49(63)64)28-34-20-15-13-16-21-34)53(9)48(62)42(30(2)3)51-47(61)43(31(4)5)52(8)38(56)23-17-14-18-26-55-39(57)24-25-40(55)58/h13,15-16,20-21,24-25,30-33,35-37,39,42-45,57H,12,14,17-19,22-23,26-29H2,1-11H3,(H,50,60)(H,51,61)(H,63,64)/t32-,33+,35-,36-,37+,39?,42-,43-,44-,45+/m0/s1. The molecular formula is C49H78N6O11. The maximum atomic E-state index is 14.6. The summed E-state index contributed by atoms with van der Waals surface area (Å²) in [6, 6.07) is 5.00. The summed E-state index contributed by atoms with van der Waals surface area (Å²) in [5.41, 5.74) is 0.764. The highest BCUT2D eigenvalue weighted by Gasteiger charge is 2.44. The van der Waals surface area contributed by atoms with E-state index < -0.39 is 72.3 Å². The van der Waals surface area contributed by atoms with E-state index in [2.05, 4.69) is 10.6 Å². The van der Waals surface area contributed by atoms with E-state index in [-0.39, 0.29) is 60.6 Å². The van der Waals surface area contributed by atoms with Crippen LogP contribution in [-0.2, 0) is 49.5 Å². The van der Waals surface area contributed by atoms with Crippen LogP contribution < -0.4 is 10.6 Å². The number of hydrogen-bond donors (Lipinski definition) is 4. The first-order valence-electron chi connectivity index (χ1n) is 23.6. The molecule has 1 unspecified atom stereocenters. The van der Waals surface area contributed by atoms with Crippen LogP contribution in [0.3, 0.4) is 0 Å². The van der Waals surface area contributed by atoms with Gasteiger partial charge in [-0.2, -0.15) is 0 Å². The number of ether oxygens (including phenoxy) is 2. The minimum Gasteiger partial charge on any atom is -0.480 e. The van der Waals surface area contributed by atoms with Gasteiger partial charge < -0.3 is 49.9 Å². The quantitative estimate of drug-likeness (QED) is 0.0936. The maximum Gasteiger partial charge on any atom is 0.326 e. The number of aliphatic hydroxyl groups is 1. The predicted molar refractivity (Wildman–Crippen MR) is 249 cm³/mol. The molecule has 370 valence electrons. The van der Waals surface area contributed by atoms with Crippen LogP contribution in [0.5, 0.6) is 0 Å². The second kappa shape index (κ2) is 26.5. The van der Waals surface area contributed by atoms with Gasteiger partial charge in [0.2, 0.25) is 35.4 Å². The Balaban J connectivity index is 1.71. The van der Waals surface area contributed by atoms with Gasteiger partial charge in [-0.1, -0.05) is 91.6 Å². The minimum atomic E-state index is -1.16. The number of unbranched alkanes of at least 4 members (excludes halogenated alkanes) is 2. The van der Waals surface area contributed by atoms with Crippen molar-refractivity contribution in [3.05, 3.63) is 48.0 Å². The Kier molecular flexibility index (Phi) is 22.2. The fourth-order valence-corrected chi connectivity index (χ4v) is 9.36. The number of likely N-dealkylation sites (N-methyl/N-ethyl adjacent to an activating group) is 2. The van der Waals surface area contributed by atoms with Gasteiger partial charge in [-0.15, -0.1) is 0 Å². The summed E-state index contributed by atoms with van der Waals surface area (Å²) in [7, 11) is 6.23. The first-order valence-corrected chi connectivity index (χ1v) is 23.6. The molecule has 0 saturated carbocycles. The van der Waals surface area contributed by atoms with Crippen LogP contribution in [0.25, 0.3) is 0 Å². The number of carboxylic acid groups (broad SMARTS) is 1. The molecule has 3 rings (SSSR count). The van der Waals surface area contributed by atoms with Crippen molar-refractivity contribution in [2.45, 2.75) is 155 Å². The molecule has 66 heavy (non-hydrogen) atoms. The summed E-state index contributed by atoms with van der Waals surface area (Å²) < 4.78 is 11.9. The lowest BCUT2D eigenvalue weighted by atomic mass is 9.89. The van der Waals surface area contributed by atoms with Crippen molar-refractivity contribution in [1.29, 1.82) is 0 Å². The van der Waals surface area contributed by atoms with E-state index in [0.717, 1.165) is 5.56 Å². The molecule has 10 atom stereocenters. The number of hydrogen-bond acceptors (Lipinski definition) is 10. The molecule has 2 heterocycles. The van der Waals surface area contributed by atoms with Crippen LogP contribution in [0.2, 0.25) is 0 Å². The van der Waals surface area contributed by atoms with Crippen LogP contribution >= 0.6 is 0 Å². The average molecular weight is 927 g/mol. The normalized spacial score (nSPS) is 19.8. The van der Waals surface area contributed by atoms with Crippen molar-refractivity contribution in [3.8, 4) is 0 Å². The summed E-state index contributed by atoms with van der Waals surface area (Å²) in [6.45, 7) is 13.8. The number of amides is 6. The minimum absolute atomic E-state index is 0.0780. The largest absolute Gasteiger partial charge is 0.480 e. The fraction of sp³-hybridized carbons (Fsp3) is 0.694. The van der Waals surface area contributed by atoms with Gasteiger partial charge in [-0.3, -0.25) is 28.8 Å². The monoisotopic (exact) mass is 927 g/mol. The lowest BCUT2D eigenvalue weighted by Crippen LogP contribution is -2.60. The molecule has 17 nitrogen and oxygen atoms in total. The molecule has 1 aromatic carbocycles. The number of carbonyl (C=O) groups is 7. The maximum absolute atomic E-state index is 14.6. The third kappa shape index (κ3) is 14.8. The Hall–Kier alpha value is -4.87. The molecule has 0 radical (unpaired) electrons. The Morgan fingerprint density at radius 1 is 0.879 bits per heavy atom. The molecule has 17 heteroatoms. The van der Waals surface area contributed by atoms with Crippen LogP contribution in [-0.4, -0.2) is 161 Å². The number of nitrogens with one attached hydrogen (secondary N) is 2. The highest BCUT2D eigenvalue weighted by Crippen LogP contribution is 2.30. The number of methoxy groups -OCH3 is 2. The van der Waals surface area contributed by atoms with Crippen LogP contribution in [0, 0.1) is 23.7 Å². The van der Waals surface area contributed by atoms with Crippen LogP contribution in [0.15, 0.2) is 42.5 Å². The summed E-state index contributed by atoms with van der Waals surface area (Å²) in [6.07, 6.45) is 4.26. The van der Waals surface area contributed by atoms with E-state index in [0.29, 0.717) is 51.6 Å². The number of carboxylic acids is 1. The zero-order chi connectivity index (χ0) is 49.4. The third-order valence-corrected chi connectivity index (χ3v) is 13.4. The highest BCUT2D eigenvalue weighted by molar-refractivity contribution is 5.93. The molecule has 6 amide bonds. The fourth-order valence-electron chi connectivity index (χ4n) is 9.36. The van der Waals surface area contributed by atoms with Crippen molar-refractivity contribution in [1.82, 2.24) is 30.2 Å². The molecule has 2 aliphatic heterocycles. The van der Waals surface area contributed by atoms with Gasteiger partial charge in [0.05, 0.1) is 36.6 Å². The summed E-state index contributed by atoms with van der Waals surface area (Å²) in [5, 5.41) is 25.5. The van der Waals surface area contributed by atoms with Crippen molar-refractivity contribution >= 4 is 41.4 Å². The SMILES string of the molecule is CC[C@H](C)[C@@H]([C@@H](CC(=O)N1CCC[C@H]1[C@H](OC)[C@@H](C)C(=O)N[C@@H](Cc1ccccc1)C(=O)O)OC)N(C)C(=O)[C@@H](NC(=O)[C@H](C(C)C)N(C)C(=O)CCCCCN1C(=O)C=CC1O)C(C)C. The smallest absolute Gasteiger partial charge is 0.326 e. The molecular weight excluding hydrogens is 849 g/mol.